The van der Waals surface area contributed by atoms with Crippen molar-refractivity contribution in [1.82, 2.24) is 4.90 Å². The smallest absolute Gasteiger partial charge is 0.0708 e. The van der Waals surface area contributed by atoms with Gasteiger partial charge < -0.3 is 19.1 Å². The van der Waals surface area contributed by atoms with Crippen LogP contribution in [0.1, 0.15) is 73.1 Å². The van der Waals surface area contributed by atoms with Crippen LogP contribution < -0.4 is 0 Å². The van der Waals surface area contributed by atoms with Crippen molar-refractivity contribution in [3.8, 4) is 0 Å². The minimum atomic E-state index is 0.112. The fourth-order valence-corrected chi connectivity index (χ4v) is 5.44. The van der Waals surface area contributed by atoms with Gasteiger partial charge in [0.15, 0.2) is 0 Å². The van der Waals surface area contributed by atoms with Crippen LogP contribution in [-0.2, 0) is 14.2 Å². The SMILES string of the molecule is CC(C)CN(C)CCOCCOCCOC12CCCC(C1)CC(C)(C(C)C)C2. The van der Waals surface area contributed by atoms with E-state index >= 15 is 0 Å². The molecular weight excluding hydrogens is 350 g/mol. The highest BCUT2D eigenvalue weighted by Crippen LogP contribution is 2.55. The second-order valence-electron chi connectivity index (χ2n) is 10.6. The summed E-state index contributed by atoms with van der Waals surface area (Å²) >= 11 is 0. The van der Waals surface area contributed by atoms with Gasteiger partial charge in [0.1, 0.15) is 0 Å². The Kier molecular flexibility index (Phi) is 9.72. The van der Waals surface area contributed by atoms with Crippen molar-refractivity contribution >= 4 is 0 Å². The lowest BCUT2D eigenvalue weighted by Crippen LogP contribution is -2.50. The van der Waals surface area contributed by atoms with Gasteiger partial charge in [-0.15, -0.1) is 0 Å². The molecule has 0 aromatic rings. The van der Waals surface area contributed by atoms with Gasteiger partial charge in [0.25, 0.3) is 0 Å². The van der Waals surface area contributed by atoms with Crippen molar-refractivity contribution in [3.63, 3.8) is 0 Å². The number of fused-ring (bicyclic) bond motifs is 2. The van der Waals surface area contributed by atoms with E-state index in [2.05, 4.69) is 46.6 Å². The fraction of sp³-hybridized carbons (Fsp3) is 1.00. The predicted octanol–water partition coefficient (Wildman–Crippen LogP) is 5.01. The molecule has 3 atom stereocenters. The predicted molar refractivity (Wildman–Crippen MR) is 117 cm³/mol. The number of rotatable bonds is 13. The summed E-state index contributed by atoms with van der Waals surface area (Å²) in [5.74, 6) is 2.29. The minimum absolute atomic E-state index is 0.112. The van der Waals surface area contributed by atoms with Crippen LogP contribution in [0.15, 0.2) is 0 Å². The van der Waals surface area contributed by atoms with Gasteiger partial charge in [-0.3, -0.25) is 0 Å². The van der Waals surface area contributed by atoms with Crippen molar-refractivity contribution in [1.29, 1.82) is 0 Å². The van der Waals surface area contributed by atoms with E-state index in [9.17, 15) is 0 Å². The molecule has 0 spiro atoms. The summed E-state index contributed by atoms with van der Waals surface area (Å²) in [5, 5.41) is 0. The molecule has 0 aromatic heterocycles. The summed E-state index contributed by atoms with van der Waals surface area (Å²) < 4.78 is 18.0. The molecule has 0 heterocycles. The lowest BCUT2D eigenvalue weighted by molar-refractivity contribution is -0.155. The van der Waals surface area contributed by atoms with Gasteiger partial charge in [-0.25, -0.2) is 0 Å². The normalized spacial score (nSPS) is 30.5. The highest BCUT2D eigenvalue weighted by Gasteiger charge is 2.49. The van der Waals surface area contributed by atoms with Crippen LogP contribution in [0.4, 0.5) is 0 Å². The molecule has 0 radical (unpaired) electrons. The first-order valence-electron chi connectivity index (χ1n) is 11.7. The van der Waals surface area contributed by atoms with Crippen molar-refractivity contribution in [2.45, 2.75) is 78.7 Å². The average Bonchev–Trinajstić information content (AvgIpc) is 2.59. The fourth-order valence-electron chi connectivity index (χ4n) is 5.44. The first kappa shape index (κ1) is 24.1. The molecule has 0 aliphatic heterocycles. The number of hydrogen-bond donors (Lipinski definition) is 0. The summed E-state index contributed by atoms with van der Waals surface area (Å²) in [6.07, 6.45) is 7.84. The third-order valence-corrected chi connectivity index (χ3v) is 7.08. The maximum absolute atomic E-state index is 6.51. The Hall–Kier alpha value is -0.160. The highest BCUT2D eigenvalue weighted by molar-refractivity contribution is 5.01. The van der Waals surface area contributed by atoms with Crippen molar-refractivity contribution < 1.29 is 14.2 Å². The Morgan fingerprint density at radius 3 is 2.32 bits per heavy atom. The van der Waals surface area contributed by atoms with Crippen LogP contribution in [0.25, 0.3) is 0 Å². The molecule has 4 heteroatoms. The molecule has 2 aliphatic rings. The van der Waals surface area contributed by atoms with E-state index in [1.807, 2.05) is 0 Å². The molecule has 166 valence electrons. The Morgan fingerprint density at radius 1 is 0.964 bits per heavy atom. The van der Waals surface area contributed by atoms with Crippen LogP contribution in [0.2, 0.25) is 0 Å². The molecule has 4 nitrogen and oxygen atoms in total. The van der Waals surface area contributed by atoms with Gasteiger partial charge in [0, 0.05) is 13.1 Å². The van der Waals surface area contributed by atoms with E-state index in [0.29, 0.717) is 31.2 Å². The molecule has 2 bridgehead atoms. The quantitative estimate of drug-likeness (QED) is 0.409. The molecule has 2 rings (SSSR count). The van der Waals surface area contributed by atoms with Crippen LogP contribution in [-0.4, -0.2) is 63.7 Å². The zero-order valence-corrected chi connectivity index (χ0v) is 19.6. The van der Waals surface area contributed by atoms with Gasteiger partial charge >= 0.3 is 0 Å². The second-order valence-corrected chi connectivity index (χ2v) is 10.6. The minimum Gasteiger partial charge on any atom is -0.378 e. The van der Waals surface area contributed by atoms with Gasteiger partial charge in [-0.2, -0.15) is 0 Å². The highest BCUT2D eigenvalue weighted by atomic mass is 16.5. The molecule has 3 unspecified atom stereocenters. The molecule has 0 N–H and O–H groups in total. The summed E-state index contributed by atoms with van der Waals surface area (Å²) in [5.41, 5.74) is 0.543. The monoisotopic (exact) mass is 397 g/mol. The largest absolute Gasteiger partial charge is 0.378 e. The number of likely N-dealkylation sites (N-methyl/N-ethyl adjacent to an activating group) is 1. The topological polar surface area (TPSA) is 30.9 Å². The first-order valence-corrected chi connectivity index (χ1v) is 11.7. The van der Waals surface area contributed by atoms with E-state index < -0.39 is 0 Å². The standard InChI is InChI=1S/C24H47NO3/c1-20(2)18-25(6)10-11-26-12-13-27-14-15-28-24-9-7-8-22(17-24)16-23(5,19-24)21(3)4/h20-22H,7-19H2,1-6H3. The lowest BCUT2D eigenvalue weighted by Gasteiger charge is -2.54. The Balaban J connectivity index is 1.57. The molecule has 2 fully saturated rings. The summed E-state index contributed by atoms with van der Waals surface area (Å²) in [6, 6.07) is 0. The molecular formula is C24H47NO3. The Morgan fingerprint density at radius 2 is 1.64 bits per heavy atom. The first-order chi connectivity index (χ1) is 13.2. The molecule has 2 aliphatic carbocycles. The van der Waals surface area contributed by atoms with Gasteiger partial charge in [0.2, 0.25) is 0 Å². The molecule has 0 amide bonds. The van der Waals surface area contributed by atoms with Gasteiger partial charge in [-0.05, 0) is 55.9 Å². The van der Waals surface area contributed by atoms with Crippen molar-refractivity contribution in [2.75, 3.05) is 53.2 Å². The zero-order chi connectivity index (χ0) is 20.6. The van der Waals surface area contributed by atoms with Crippen LogP contribution in [0, 0.1) is 23.2 Å². The number of hydrogen-bond acceptors (Lipinski definition) is 4. The van der Waals surface area contributed by atoms with Crippen LogP contribution in [0.3, 0.4) is 0 Å². The average molecular weight is 398 g/mol. The number of nitrogens with zero attached hydrogens (tertiary/aromatic N) is 1. The number of ether oxygens (including phenoxy) is 3. The molecule has 0 saturated heterocycles. The summed E-state index contributed by atoms with van der Waals surface area (Å²) in [4.78, 5) is 2.32. The molecule has 28 heavy (non-hydrogen) atoms. The van der Waals surface area contributed by atoms with Crippen LogP contribution >= 0.6 is 0 Å². The third kappa shape index (κ3) is 7.59. The Labute approximate surface area is 174 Å². The molecule has 2 saturated carbocycles. The maximum Gasteiger partial charge on any atom is 0.0708 e. The van der Waals surface area contributed by atoms with Gasteiger partial charge in [-0.1, -0.05) is 47.5 Å². The zero-order valence-electron chi connectivity index (χ0n) is 19.6. The van der Waals surface area contributed by atoms with E-state index in [-0.39, 0.29) is 5.60 Å². The maximum atomic E-state index is 6.51. The molecule has 0 aromatic carbocycles. The van der Waals surface area contributed by atoms with E-state index in [4.69, 9.17) is 14.2 Å². The Bertz CT molecular complexity index is 442. The summed E-state index contributed by atoms with van der Waals surface area (Å²) in [6.45, 7) is 17.4. The van der Waals surface area contributed by atoms with Gasteiger partial charge in [0.05, 0.1) is 38.6 Å². The summed E-state index contributed by atoms with van der Waals surface area (Å²) in [7, 11) is 2.15. The van der Waals surface area contributed by atoms with E-state index in [0.717, 1.165) is 38.1 Å². The van der Waals surface area contributed by atoms with Crippen LogP contribution in [0.5, 0.6) is 0 Å². The van der Waals surface area contributed by atoms with Crippen molar-refractivity contribution in [3.05, 3.63) is 0 Å². The van der Waals surface area contributed by atoms with E-state index in [1.54, 1.807) is 0 Å². The third-order valence-electron chi connectivity index (χ3n) is 7.08. The van der Waals surface area contributed by atoms with Crippen molar-refractivity contribution in [2.24, 2.45) is 23.2 Å². The second kappa shape index (κ2) is 11.3. The van der Waals surface area contributed by atoms with E-state index in [1.165, 1.54) is 38.5 Å². The lowest BCUT2D eigenvalue weighted by atomic mass is 9.56.